The molecule has 9 nitrogen and oxygen atoms in total. The van der Waals surface area contributed by atoms with Crippen LogP contribution in [0.1, 0.15) is 63.5 Å². The monoisotopic (exact) mass is 435 g/mol. The van der Waals surface area contributed by atoms with E-state index in [-0.39, 0.29) is 16.9 Å². The van der Waals surface area contributed by atoms with Crippen molar-refractivity contribution in [2.75, 3.05) is 17.2 Å². The molecule has 0 aliphatic rings. The SMILES string of the molecule is CC(C)(O)CCNc1ccn2ncc(C(=O)Nc3cn(C(C)(C)C)nc3C(F)F)c2n1. The van der Waals surface area contributed by atoms with Crippen LogP contribution in [0.3, 0.4) is 0 Å². The number of amides is 1. The number of rotatable bonds is 7. The Labute approximate surface area is 178 Å². The number of hydrogen-bond donors (Lipinski definition) is 3. The lowest BCUT2D eigenvalue weighted by atomic mass is 10.1. The van der Waals surface area contributed by atoms with E-state index in [0.29, 0.717) is 18.8 Å². The lowest BCUT2D eigenvalue weighted by molar-refractivity contribution is 0.0748. The van der Waals surface area contributed by atoms with Crippen LogP contribution < -0.4 is 10.6 Å². The van der Waals surface area contributed by atoms with E-state index >= 15 is 0 Å². The van der Waals surface area contributed by atoms with Gasteiger partial charge in [0.15, 0.2) is 11.3 Å². The van der Waals surface area contributed by atoms with Crippen molar-refractivity contribution >= 4 is 23.1 Å². The second-order valence-corrected chi connectivity index (χ2v) is 8.93. The normalized spacial score (nSPS) is 12.5. The molecular formula is C20H27F2N7O2. The van der Waals surface area contributed by atoms with Crippen LogP contribution in [0, 0.1) is 0 Å². The van der Waals surface area contributed by atoms with Gasteiger partial charge in [-0.25, -0.2) is 18.3 Å². The van der Waals surface area contributed by atoms with Crippen LogP contribution in [0.25, 0.3) is 5.65 Å². The van der Waals surface area contributed by atoms with Gasteiger partial charge in [-0.1, -0.05) is 0 Å². The van der Waals surface area contributed by atoms with E-state index in [4.69, 9.17) is 0 Å². The summed E-state index contributed by atoms with van der Waals surface area (Å²) in [5.74, 6) is -0.119. The van der Waals surface area contributed by atoms with Gasteiger partial charge in [0.05, 0.1) is 23.0 Å². The van der Waals surface area contributed by atoms with Crippen LogP contribution in [0.4, 0.5) is 20.3 Å². The van der Waals surface area contributed by atoms with E-state index in [1.54, 1.807) is 26.1 Å². The minimum atomic E-state index is -2.84. The highest BCUT2D eigenvalue weighted by atomic mass is 19.3. The van der Waals surface area contributed by atoms with Gasteiger partial charge in [0.1, 0.15) is 11.4 Å². The van der Waals surface area contributed by atoms with Crippen molar-refractivity contribution in [2.45, 2.75) is 58.6 Å². The third-order valence-electron chi connectivity index (χ3n) is 4.54. The maximum Gasteiger partial charge on any atom is 0.284 e. The zero-order valence-corrected chi connectivity index (χ0v) is 18.1. The molecule has 0 aliphatic carbocycles. The number of fused-ring (bicyclic) bond motifs is 1. The Kier molecular flexibility index (Phi) is 5.99. The molecule has 0 radical (unpaired) electrons. The number of aromatic nitrogens is 5. The molecule has 0 unspecified atom stereocenters. The minimum absolute atomic E-state index is 0.0614. The Morgan fingerprint density at radius 2 is 1.97 bits per heavy atom. The van der Waals surface area contributed by atoms with Gasteiger partial charge in [0, 0.05) is 18.9 Å². The summed E-state index contributed by atoms with van der Waals surface area (Å²) in [6.45, 7) is 9.36. The molecule has 3 aromatic heterocycles. The predicted molar refractivity (Wildman–Crippen MR) is 113 cm³/mol. The minimum Gasteiger partial charge on any atom is -0.390 e. The maximum absolute atomic E-state index is 13.4. The topological polar surface area (TPSA) is 109 Å². The molecule has 0 spiro atoms. The predicted octanol–water partition coefficient (Wildman–Crippen LogP) is 3.44. The molecule has 3 aromatic rings. The number of halogens is 2. The zero-order valence-electron chi connectivity index (χ0n) is 18.1. The van der Waals surface area contributed by atoms with Gasteiger partial charge in [0.25, 0.3) is 12.3 Å². The maximum atomic E-state index is 13.4. The molecule has 0 fully saturated rings. The second-order valence-electron chi connectivity index (χ2n) is 8.93. The molecule has 0 bridgehead atoms. The molecule has 3 rings (SSSR count). The number of nitrogens with zero attached hydrogens (tertiary/aromatic N) is 5. The van der Waals surface area contributed by atoms with Gasteiger partial charge >= 0.3 is 0 Å². The van der Waals surface area contributed by atoms with Gasteiger partial charge in [-0.05, 0) is 47.1 Å². The van der Waals surface area contributed by atoms with Crippen molar-refractivity contribution in [1.29, 1.82) is 0 Å². The van der Waals surface area contributed by atoms with Gasteiger partial charge in [-0.3, -0.25) is 9.48 Å². The second kappa shape index (κ2) is 8.22. The van der Waals surface area contributed by atoms with Crippen LogP contribution in [-0.4, -0.2) is 47.5 Å². The summed E-state index contributed by atoms with van der Waals surface area (Å²) in [7, 11) is 0. The molecule has 0 saturated carbocycles. The summed E-state index contributed by atoms with van der Waals surface area (Å²) in [4.78, 5) is 17.2. The highest BCUT2D eigenvalue weighted by Gasteiger charge is 2.25. The lowest BCUT2D eigenvalue weighted by Crippen LogP contribution is -2.23. The van der Waals surface area contributed by atoms with Gasteiger partial charge in [-0.2, -0.15) is 10.2 Å². The molecule has 0 aromatic carbocycles. The Morgan fingerprint density at radius 1 is 1.26 bits per heavy atom. The van der Waals surface area contributed by atoms with E-state index in [2.05, 4.69) is 25.8 Å². The number of nitrogens with one attached hydrogen (secondary N) is 2. The third kappa shape index (κ3) is 5.35. The van der Waals surface area contributed by atoms with E-state index in [1.165, 1.54) is 21.6 Å². The Bertz CT molecular complexity index is 1080. The summed E-state index contributed by atoms with van der Waals surface area (Å²) >= 11 is 0. The van der Waals surface area contributed by atoms with Crippen molar-refractivity contribution in [3.63, 3.8) is 0 Å². The molecule has 0 aliphatic heterocycles. The molecule has 0 saturated heterocycles. The van der Waals surface area contributed by atoms with Crippen molar-refractivity contribution in [3.8, 4) is 0 Å². The molecular weight excluding hydrogens is 408 g/mol. The molecule has 168 valence electrons. The molecule has 31 heavy (non-hydrogen) atoms. The highest BCUT2D eigenvalue weighted by Crippen LogP contribution is 2.29. The third-order valence-corrected chi connectivity index (χ3v) is 4.54. The van der Waals surface area contributed by atoms with Gasteiger partial charge in [-0.15, -0.1) is 0 Å². The van der Waals surface area contributed by atoms with E-state index < -0.39 is 29.2 Å². The smallest absolute Gasteiger partial charge is 0.284 e. The quantitative estimate of drug-likeness (QED) is 0.525. The van der Waals surface area contributed by atoms with Crippen LogP contribution in [0.15, 0.2) is 24.7 Å². The van der Waals surface area contributed by atoms with Crippen LogP contribution in [0.2, 0.25) is 0 Å². The van der Waals surface area contributed by atoms with Crippen LogP contribution in [0.5, 0.6) is 0 Å². The standard InChI is InChI=1S/C20H27F2N7O2/c1-19(2,3)29-11-13(15(27-29)16(21)22)25-18(30)12-10-24-28-9-6-14(26-17(12)28)23-8-7-20(4,5)31/h6,9-11,16,31H,7-8H2,1-5H3,(H,23,26)(H,25,30). The Balaban J connectivity index is 1.84. The average Bonchev–Trinajstić information content (AvgIpc) is 3.24. The highest BCUT2D eigenvalue weighted by molar-refractivity contribution is 6.08. The van der Waals surface area contributed by atoms with Gasteiger partial charge < -0.3 is 15.7 Å². The largest absolute Gasteiger partial charge is 0.390 e. The number of carbonyl (C=O) groups is 1. The van der Waals surface area contributed by atoms with Crippen molar-refractivity contribution in [1.82, 2.24) is 24.4 Å². The average molecular weight is 435 g/mol. The molecule has 1 amide bonds. The lowest BCUT2D eigenvalue weighted by Gasteiger charge is -2.18. The Hall–Kier alpha value is -3.08. The van der Waals surface area contributed by atoms with Crippen molar-refractivity contribution < 1.29 is 18.7 Å². The fourth-order valence-electron chi connectivity index (χ4n) is 2.80. The first-order valence-electron chi connectivity index (χ1n) is 9.85. The first-order chi connectivity index (χ1) is 14.3. The van der Waals surface area contributed by atoms with Crippen LogP contribution >= 0.6 is 0 Å². The summed E-state index contributed by atoms with van der Waals surface area (Å²) in [5, 5.41) is 23.4. The molecule has 0 atom stereocenters. The summed E-state index contributed by atoms with van der Waals surface area (Å²) in [5.41, 5.74) is -1.50. The number of hydrogen-bond acceptors (Lipinski definition) is 6. The summed E-state index contributed by atoms with van der Waals surface area (Å²) in [6.07, 6.45) is 2.01. The van der Waals surface area contributed by atoms with E-state index in [1.807, 2.05) is 20.8 Å². The zero-order chi connectivity index (χ0) is 23.0. The van der Waals surface area contributed by atoms with E-state index in [9.17, 15) is 18.7 Å². The molecule has 3 heterocycles. The van der Waals surface area contributed by atoms with Crippen molar-refractivity contribution in [2.24, 2.45) is 0 Å². The summed E-state index contributed by atoms with van der Waals surface area (Å²) in [6, 6.07) is 1.69. The fraction of sp³-hybridized carbons (Fsp3) is 0.500. The first-order valence-corrected chi connectivity index (χ1v) is 9.85. The molecule has 11 heteroatoms. The first kappa shape index (κ1) is 22.6. The van der Waals surface area contributed by atoms with Crippen molar-refractivity contribution in [3.05, 3.63) is 35.9 Å². The van der Waals surface area contributed by atoms with Crippen LogP contribution in [-0.2, 0) is 5.54 Å². The van der Waals surface area contributed by atoms with E-state index in [0.717, 1.165) is 0 Å². The van der Waals surface area contributed by atoms with Gasteiger partial charge in [0.2, 0.25) is 0 Å². The fourth-order valence-corrected chi connectivity index (χ4v) is 2.80. The number of carbonyl (C=O) groups excluding carboxylic acids is 1. The number of alkyl halides is 2. The summed E-state index contributed by atoms with van der Waals surface area (Å²) < 4.78 is 29.7. The molecule has 3 N–H and O–H groups in total. The number of anilines is 2. The Morgan fingerprint density at radius 3 is 2.58 bits per heavy atom. The number of aliphatic hydroxyl groups is 1.